The number of hydrogen-bond acceptors (Lipinski definition) is 3. The lowest BCUT2D eigenvalue weighted by Gasteiger charge is -2.16. The Morgan fingerprint density at radius 2 is 2.11 bits per heavy atom. The molecule has 0 saturated heterocycles. The fourth-order valence-electron chi connectivity index (χ4n) is 1.31. The van der Waals surface area contributed by atoms with E-state index >= 15 is 0 Å². The van der Waals surface area contributed by atoms with Crippen LogP contribution in [0.1, 0.15) is 11.1 Å². The second-order valence-electron chi connectivity index (χ2n) is 3.63. The van der Waals surface area contributed by atoms with Crippen LogP contribution in [0.25, 0.3) is 0 Å². The summed E-state index contributed by atoms with van der Waals surface area (Å²) >= 11 is 4.78. The number of thiocarbonyl (C=S) groups is 1. The van der Waals surface area contributed by atoms with E-state index in [9.17, 15) is 17.2 Å². The summed E-state index contributed by atoms with van der Waals surface area (Å²) < 4.78 is 47.6. The van der Waals surface area contributed by atoms with Crippen molar-refractivity contribution < 1.29 is 17.2 Å². The molecular weight excluding hydrogens is 282 g/mol. The van der Waals surface area contributed by atoms with Crippen molar-refractivity contribution in [2.45, 2.75) is 12.3 Å². The monoisotopic (exact) mass is 294 g/mol. The summed E-state index contributed by atoms with van der Waals surface area (Å²) in [6.45, 7) is -0.164. The predicted molar refractivity (Wildman–Crippen MR) is 68.7 cm³/mol. The highest BCUT2D eigenvalue weighted by molar-refractivity contribution is 7.89. The molecule has 0 aliphatic heterocycles. The second-order valence-corrected chi connectivity index (χ2v) is 6.08. The van der Waals surface area contributed by atoms with Gasteiger partial charge in [0.05, 0.1) is 0 Å². The van der Waals surface area contributed by atoms with Gasteiger partial charge < -0.3 is 5.73 Å². The molecule has 0 fully saturated rings. The van der Waals surface area contributed by atoms with Crippen LogP contribution >= 0.6 is 12.2 Å². The summed E-state index contributed by atoms with van der Waals surface area (Å²) in [6.07, 6.45) is 0. The van der Waals surface area contributed by atoms with E-state index in [0.717, 1.165) is 7.05 Å². The van der Waals surface area contributed by atoms with Crippen molar-refractivity contribution in [3.63, 3.8) is 0 Å². The van der Waals surface area contributed by atoms with Crippen LogP contribution in [-0.4, -0.2) is 30.5 Å². The third-order valence-corrected chi connectivity index (χ3v) is 3.96. The van der Waals surface area contributed by atoms with E-state index in [0.29, 0.717) is 15.4 Å². The summed E-state index contributed by atoms with van der Waals surface area (Å²) in [6, 6.07) is 6.47. The number of benzene rings is 1. The molecule has 2 N–H and O–H groups in total. The smallest absolute Gasteiger partial charge is 0.350 e. The lowest BCUT2D eigenvalue weighted by Crippen LogP contribution is -2.31. The molecule has 0 atom stereocenters. The van der Waals surface area contributed by atoms with Crippen LogP contribution in [0.15, 0.2) is 24.3 Å². The summed E-state index contributed by atoms with van der Waals surface area (Å²) in [5.74, 6) is -3.43. The average molecular weight is 294 g/mol. The zero-order chi connectivity index (χ0) is 13.9. The molecule has 1 aromatic rings. The van der Waals surface area contributed by atoms with Crippen molar-refractivity contribution in [2.24, 2.45) is 5.73 Å². The van der Waals surface area contributed by atoms with Gasteiger partial charge in [0.25, 0.3) is 10.0 Å². The molecule has 0 spiro atoms. The molecule has 0 aromatic heterocycles. The first-order valence-corrected chi connectivity index (χ1v) is 6.78. The summed E-state index contributed by atoms with van der Waals surface area (Å²) in [5.41, 5.74) is 6.52. The Hall–Kier alpha value is -1.12. The van der Waals surface area contributed by atoms with Gasteiger partial charge in [0.2, 0.25) is 0 Å². The minimum atomic E-state index is -4.57. The number of alkyl halides is 2. The van der Waals surface area contributed by atoms with Gasteiger partial charge in [-0.15, -0.1) is 0 Å². The number of rotatable bonds is 5. The third-order valence-electron chi connectivity index (χ3n) is 2.28. The van der Waals surface area contributed by atoms with Gasteiger partial charge in [-0.3, -0.25) is 0 Å². The van der Waals surface area contributed by atoms with Gasteiger partial charge in [-0.2, -0.15) is 13.1 Å². The maximum atomic E-state index is 12.3. The number of sulfonamides is 1. The van der Waals surface area contributed by atoms with E-state index in [1.165, 1.54) is 0 Å². The van der Waals surface area contributed by atoms with Crippen molar-refractivity contribution in [1.29, 1.82) is 0 Å². The molecule has 100 valence electrons. The average Bonchev–Trinajstić information content (AvgIpc) is 2.28. The molecule has 0 bridgehead atoms. The van der Waals surface area contributed by atoms with Crippen LogP contribution in [0, 0.1) is 0 Å². The summed E-state index contributed by atoms with van der Waals surface area (Å²) in [4.78, 5) is 0.163. The van der Waals surface area contributed by atoms with Crippen molar-refractivity contribution in [3.8, 4) is 0 Å². The largest absolute Gasteiger partial charge is 0.389 e. The number of nitrogens with zero attached hydrogens (tertiary/aromatic N) is 1. The Labute approximate surface area is 109 Å². The van der Waals surface area contributed by atoms with Crippen LogP contribution < -0.4 is 5.73 Å². The molecule has 0 amide bonds. The van der Waals surface area contributed by atoms with Gasteiger partial charge in [0, 0.05) is 19.2 Å². The van der Waals surface area contributed by atoms with Gasteiger partial charge in [0.15, 0.2) is 0 Å². The van der Waals surface area contributed by atoms with E-state index in [-0.39, 0.29) is 11.5 Å². The molecule has 0 heterocycles. The van der Waals surface area contributed by atoms with Gasteiger partial charge >= 0.3 is 5.76 Å². The lowest BCUT2D eigenvalue weighted by atomic mass is 10.1. The minimum absolute atomic E-state index is 0.163. The van der Waals surface area contributed by atoms with Crippen molar-refractivity contribution >= 4 is 27.2 Å². The predicted octanol–water partition coefficient (Wildman–Crippen LogP) is 1.31. The molecule has 0 unspecified atom stereocenters. The van der Waals surface area contributed by atoms with E-state index in [4.69, 9.17) is 18.0 Å². The van der Waals surface area contributed by atoms with Crippen molar-refractivity contribution in [3.05, 3.63) is 35.4 Å². The molecule has 1 rings (SSSR count). The zero-order valence-electron chi connectivity index (χ0n) is 9.51. The molecule has 0 radical (unpaired) electrons. The Morgan fingerprint density at radius 3 is 2.61 bits per heavy atom. The Kier molecular flexibility index (Phi) is 4.71. The molecule has 8 heteroatoms. The van der Waals surface area contributed by atoms with E-state index in [2.05, 4.69) is 0 Å². The van der Waals surface area contributed by atoms with E-state index in [1.807, 2.05) is 0 Å². The Bertz CT molecular complexity index is 547. The van der Waals surface area contributed by atoms with Crippen LogP contribution in [0.4, 0.5) is 8.78 Å². The first kappa shape index (κ1) is 14.9. The van der Waals surface area contributed by atoms with Gasteiger partial charge in [0.1, 0.15) is 4.99 Å². The highest BCUT2D eigenvalue weighted by Gasteiger charge is 2.29. The molecule has 0 saturated carbocycles. The van der Waals surface area contributed by atoms with Crippen LogP contribution in [0.3, 0.4) is 0 Å². The Balaban J connectivity index is 2.92. The highest BCUT2D eigenvalue weighted by atomic mass is 32.2. The number of halogens is 2. The van der Waals surface area contributed by atoms with Crippen molar-refractivity contribution in [2.75, 3.05) is 7.05 Å². The molecule has 1 aromatic carbocycles. The third kappa shape index (κ3) is 3.44. The first-order chi connectivity index (χ1) is 8.25. The lowest BCUT2D eigenvalue weighted by molar-refractivity contribution is 0.222. The highest BCUT2D eigenvalue weighted by Crippen LogP contribution is 2.14. The molecule has 0 aliphatic carbocycles. The standard InChI is InChI=1S/C10H12F2N2O2S2/c1-14(18(15,16)10(11)12)6-7-3-2-4-8(5-7)9(13)17/h2-5,10H,6H2,1H3,(H2,13,17). The molecule has 18 heavy (non-hydrogen) atoms. The first-order valence-electron chi connectivity index (χ1n) is 4.87. The number of nitrogens with two attached hydrogens (primary N) is 1. The maximum Gasteiger partial charge on any atom is 0.350 e. The van der Waals surface area contributed by atoms with Crippen LogP contribution in [0.2, 0.25) is 0 Å². The maximum absolute atomic E-state index is 12.3. The Morgan fingerprint density at radius 1 is 1.50 bits per heavy atom. The fourth-order valence-corrected chi connectivity index (χ4v) is 2.03. The second kappa shape index (κ2) is 5.68. The molecule has 0 aliphatic rings. The van der Waals surface area contributed by atoms with Gasteiger partial charge in [-0.05, 0) is 11.6 Å². The van der Waals surface area contributed by atoms with Crippen LogP contribution in [0.5, 0.6) is 0 Å². The summed E-state index contributed by atoms with van der Waals surface area (Å²) in [5, 5.41) is 0. The van der Waals surface area contributed by atoms with Gasteiger partial charge in [-0.25, -0.2) is 8.42 Å². The minimum Gasteiger partial charge on any atom is -0.389 e. The van der Waals surface area contributed by atoms with Crippen LogP contribution in [-0.2, 0) is 16.6 Å². The van der Waals surface area contributed by atoms with E-state index < -0.39 is 15.8 Å². The SMILES string of the molecule is CN(Cc1cccc(C(N)=S)c1)S(=O)(=O)C(F)F. The normalized spacial score (nSPS) is 12.1. The fraction of sp³-hybridized carbons (Fsp3) is 0.300. The van der Waals surface area contributed by atoms with E-state index in [1.54, 1.807) is 24.3 Å². The molecular formula is C10H12F2N2O2S2. The quantitative estimate of drug-likeness (QED) is 0.832. The van der Waals surface area contributed by atoms with Crippen molar-refractivity contribution in [1.82, 2.24) is 4.31 Å². The topological polar surface area (TPSA) is 63.4 Å². The van der Waals surface area contributed by atoms with Gasteiger partial charge in [-0.1, -0.05) is 30.4 Å². The molecule has 4 nitrogen and oxygen atoms in total. The number of hydrogen-bond donors (Lipinski definition) is 1. The summed E-state index contributed by atoms with van der Waals surface area (Å²) in [7, 11) is -3.48. The zero-order valence-corrected chi connectivity index (χ0v) is 11.1.